The molecule has 2 heterocycles. The Labute approximate surface area is 150 Å². The summed E-state index contributed by atoms with van der Waals surface area (Å²) in [6.45, 7) is -0.971. The van der Waals surface area contributed by atoms with Crippen LogP contribution in [0.2, 0.25) is 0 Å². The van der Waals surface area contributed by atoms with E-state index in [0.717, 1.165) is 18.7 Å². The fourth-order valence-corrected chi connectivity index (χ4v) is 3.38. The summed E-state index contributed by atoms with van der Waals surface area (Å²) in [5.74, 6) is 0.0969. The van der Waals surface area contributed by atoms with Gasteiger partial charge in [-0.3, -0.25) is 9.48 Å². The van der Waals surface area contributed by atoms with E-state index in [-0.39, 0.29) is 11.7 Å². The van der Waals surface area contributed by atoms with Gasteiger partial charge in [-0.25, -0.2) is 0 Å². The maximum atomic E-state index is 13.2. The number of hydrogen-bond acceptors (Lipinski definition) is 4. The number of hydrogen-bond donors (Lipinski definition) is 1. The number of rotatable bonds is 6. The number of likely N-dealkylation sites (N-methyl/N-ethyl adjacent to an activating group) is 1. The molecule has 1 saturated heterocycles. The van der Waals surface area contributed by atoms with E-state index < -0.39 is 12.2 Å². The molecule has 140 valence electrons. The third-order valence-corrected chi connectivity index (χ3v) is 4.69. The van der Waals surface area contributed by atoms with Crippen LogP contribution >= 0.6 is 0 Å². The van der Waals surface area contributed by atoms with Crippen molar-refractivity contribution in [3.8, 4) is 5.75 Å². The minimum Gasteiger partial charge on any atom is -0.435 e. The summed E-state index contributed by atoms with van der Waals surface area (Å²) in [7, 11) is 1.75. The van der Waals surface area contributed by atoms with Crippen LogP contribution in [0.15, 0.2) is 42.7 Å². The van der Waals surface area contributed by atoms with Crippen LogP contribution in [0, 0.1) is 0 Å². The Kier molecular flexibility index (Phi) is 5.51. The van der Waals surface area contributed by atoms with Gasteiger partial charge < -0.3 is 15.0 Å². The second kappa shape index (κ2) is 7.82. The van der Waals surface area contributed by atoms with E-state index in [2.05, 4.69) is 15.2 Å². The average Bonchev–Trinajstić information content (AvgIpc) is 3.18. The van der Waals surface area contributed by atoms with Crippen molar-refractivity contribution in [1.82, 2.24) is 20.0 Å². The fourth-order valence-electron chi connectivity index (χ4n) is 3.38. The summed E-state index contributed by atoms with van der Waals surface area (Å²) in [5, 5.41) is 7.60. The van der Waals surface area contributed by atoms with Crippen LogP contribution in [-0.4, -0.2) is 47.3 Å². The lowest BCUT2D eigenvalue weighted by Crippen LogP contribution is -2.54. The summed E-state index contributed by atoms with van der Waals surface area (Å²) in [4.78, 5) is 14.9. The molecule has 1 N–H and O–H groups in total. The second-order valence-corrected chi connectivity index (χ2v) is 6.42. The van der Waals surface area contributed by atoms with Gasteiger partial charge in [-0.2, -0.15) is 13.9 Å². The van der Waals surface area contributed by atoms with Crippen molar-refractivity contribution in [1.29, 1.82) is 0 Å². The molecule has 26 heavy (non-hydrogen) atoms. The average molecular weight is 364 g/mol. The Morgan fingerprint density at radius 2 is 2.04 bits per heavy atom. The summed E-state index contributed by atoms with van der Waals surface area (Å²) < 4.78 is 30.6. The molecule has 0 aliphatic carbocycles. The van der Waals surface area contributed by atoms with Crippen LogP contribution in [0.5, 0.6) is 5.75 Å². The first-order chi connectivity index (χ1) is 12.5. The molecule has 0 spiro atoms. The number of alkyl halides is 2. The van der Waals surface area contributed by atoms with Crippen molar-refractivity contribution in [2.75, 3.05) is 20.1 Å². The molecule has 0 unspecified atom stereocenters. The third kappa shape index (κ3) is 3.85. The van der Waals surface area contributed by atoms with Crippen LogP contribution in [-0.2, 0) is 16.9 Å². The van der Waals surface area contributed by atoms with Crippen molar-refractivity contribution in [3.05, 3.63) is 48.3 Å². The van der Waals surface area contributed by atoms with Crippen LogP contribution in [0.4, 0.5) is 8.78 Å². The van der Waals surface area contributed by atoms with Gasteiger partial charge >= 0.3 is 6.61 Å². The molecule has 1 aromatic carbocycles. The van der Waals surface area contributed by atoms with Gasteiger partial charge in [0, 0.05) is 26.0 Å². The lowest BCUT2D eigenvalue weighted by molar-refractivity contribution is -0.142. The molecule has 1 aliphatic heterocycles. The van der Waals surface area contributed by atoms with E-state index in [1.54, 1.807) is 35.0 Å². The van der Waals surface area contributed by atoms with Gasteiger partial charge in [-0.05, 0) is 49.7 Å². The van der Waals surface area contributed by atoms with Crippen molar-refractivity contribution in [2.45, 2.75) is 31.5 Å². The van der Waals surface area contributed by atoms with Gasteiger partial charge in [0.2, 0.25) is 0 Å². The first-order valence-corrected chi connectivity index (χ1v) is 8.51. The minimum absolute atomic E-state index is 0.00407. The van der Waals surface area contributed by atoms with E-state index in [0.29, 0.717) is 19.4 Å². The third-order valence-electron chi connectivity index (χ3n) is 4.69. The number of aromatic nitrogens is 2. The summed E-state index contributed by atoms with van der Waals surface area (Å²) in [6.07, 6.45) is 4.84. The normalized spacial score (nSPS) is 16.5. The molecule has 1 fully saturated rings. The molecule has 0 atom stereocenters. The van der Waals surface area contributed by atoms with Gasteiger partial charge in [0.25, 0.3) is 5.91 Å². The number of carbonyl (C=O) groups excluding carboxylic acids is 1. The molecular weight excluding hydrogens is 342 g/mol. The van der Waals surface area contributed by atoms with Crippen molar-refractivity contribution >= 4 is 5.91 Å². The molecule has 2 aromatic rings. The van der Waals surface area contributed by atoms with Gasteiger partial charge in [-0.15, -0.1) is 0 Å². The summed E-state index contributed by atoms with van der Waals surface area (Å²) >= 11 is 0. The molecule has 6 nitrogen and oxygen atoms in total. The molecule has 0 radical (unpaired) electrons. The maximum absolute atomic E-state index is 13.2. The Bertz CT molecular complexity index is 713. The number of nitrogens with one attached hydrogen (secondary N) is 1. The standard InChI is InChI=1S/C18H22F2N4O2/c1-23(13-14-3-5-15(6-4-14)26-17(19)20)16(25)18(7-10-21-11-8-18)24-12-2-9-22-24/h2-6,9,12,17,21H,7-8,10-11,13H2,1H3. The number of ether oxygens (including phenoxy) is 1. The Balaban J connectivity index is 1.73. The minimum atomic E-state index is -2.85. The van der Waals surface area contributed by atoms with Crippen LogP contribution in [0.3, 0.4) is 0 Å². The first kappa shape index (κ1) is 18.3. The van der Waals surface area contributed by atoms with Crippen LogP contribution < -0.4 is 10.1 Å². The van der Waals surface area contributed by atoms with Gasteiger partial charge in [0.05, 0.1) is 0 Å². The number of amides is 1. The zero-order valence-electron chi connectivity index (χ0n) is 14.6. The highest BCUT2D eigenvalue weighted by Crippen LogP contribution is 2.29. The number of halogens is 2. The Morgan fingerprint density at radius 1 is 1.35 bits per heavy atom. The van der Waals surface area contributed by atoms with Crippen molar-refractivity contribution < 1.29 is 18.3 Å². The van der Waals surface area contributed by atoms with Crippen LogP contribution in [0.1, 0.15) is 18.4 Å². The van der Waals surface area contributed by atoms with Gasteiger partial charge in [0.1, 0.15) is 11.3 Å². The van der Waals surface area contributed by atoms with E-state index in [9.17, 15) is 13.6 Å². The van der Waals surface area contributed by atoms with E-state index in [4.69, 9.17) is 0 Å². The molecule has 1 aliphatic rings. The zero-order chi connectivity index (χ0) is 18.6. The Hall–Kier alpha value is -2.48. The zero-order valence-corrected chi connectivity index (χ0v) is 14.6. The predicted octanol–water partition coefficient (Wildman–Crippen LogP) is 2.22. The number of carbonyl (C=O) groups is 1. The highest BCUT2D eigenvalue weighted by molar-refractivity contribution is 5.84. The molecule has 0 saturated carbocycles. The highest BCUT2D eigenvalue weighted by Gasteiger charge is 2.43. The highest BCUT2D eigenvalue weighted by atomic mass is 19.3. The largest absolute Gasteiger partial charge is 0.435 e. The molecule has 8 heteroatoms. The number of nitrogens with zero attached hydrogens (tertiary/aromatic N) is 3. The van der Waals surface area contributed by atoms with E-state index in [1.165, 1.54) is 12.1 Å². The van der Waals surface area contributed by atoms with Crippen LogP contribution in [0.25, 0.3) is 0 Å². The summed E-state index contributed by atoms with van der Waals surface area (Å²) in [5.41, 5.74) is 0.148. The molecule has 0 bridgehead atoms. The summed E-state index contributed by atoms with van der Waals surface area (Å²) in [6, 6.07) is 8.15. The predicted molar refractivity (Wildman–Crippen MR) is 91.9 cm³/mol. The molecule has 1 aromatic heterocycles. The molecule has 1 amide bonds. The van der Waals surface area contributed by atoms with Crippen molar-refractivity contribution in [2.24, 2.45) is 0 Å². The SMILES string of the molecule is CN(Cc1ccc(OC(F)F)cc1)C(=O)C1(n2cccn2)CCNCC1. The molecular formula is C18H22F2N4O2. The van der Waals surface area contributed by atoms with Crippen molar-refractivity contribution in [3.63, 3.8) is 0 Å². The first-order valence-electron chi connectivity index (χ1n) is 8.51. The Morgan fingerprint density at radius 3 is 2.62 bits per heavy atom. The quantitative estimate of drug-likeness (QED) is 0.854. The van der Waals surface area contributed by atoms with Gasteiger partial charge in [-0.1, -0.05) is 12.1 Å². The number of benzene rings is 1. The maximum Gasteiger partial charge on any atom is 0.387 e. The van der Waals surface area contributed by atoms with Gasteiger partial charge in [0.15, 0.2) is 0 Å². The lowest BCUT2D eigenvalue weighted by Gasteiger charge is -2.39. The fraction of sp³-hybridized carbons (Fsp3) is 0.444. The van der Waals surface area contributed by atoms with E-state index in [1.807, 2.05) is 12.3 Å². The topological polar surface area (TPSA) is 59.4 Å². The monoisotopic (exact) mass is 364 g/mol. The van der Waals surface area contributed by atoms with E-state index >= 15 is 0 Å². The number of piperidine rings is 1. The lowest BCUT2D eigenvalue weighted by atomic mass is 9.86. The smallest absolute Gasteiger partial charge is 0.387 e. The molecule has 3 rings (SSSR count). The second-order valence-electron chi connectivity index (χ2n) is 6.42.